The van der Waals surface area contributed by atoms with Crippen LogP contribution in [0, 0.1) is 0 Å². The van der Waals surface area contributed by atoms with Gasteiger partial charge in [0.05, 0.1) is 19.3 Å². The summed E-state index contributed by atoms with van der Waals surface area (Å²) >= 11 is 0. The first-order chi connectivity index (χ1) is 9.73. The van der Waals surface area contributed by atoms with Crippen LogP contribution in [0.4, 0.5) is 0 Å². The van der Waals surface area contributed by atoms with Crippen LogP contribution in [0.5, 0.6) is 0 Å². The maximum atomic E-state index is 12.7. The molecule has 0 amide bonds. The molecule has 0 aliphatic carbocycles. The Kier molecular flexibility index (Phi) is 4.80. The third-order valence-corrected chi connectivity index (χ3v) is 8.23. The Morgan fingerprint density at radius 2 is 1.67 bits per heavy atom. The third-order valence-electron chi connectivity index (χ3n) is 3.95. The monoisotopic (exact) mass is 328 g/mol. The molecule has 2 rings (SSSR count). The van der Waals surface area contributed by atoms with Crippen molar-refractivity contribution in [2.45, 2.75) is 18.6 Å². The average Bonchev–Trinajstić information content (AvgIpc) is 2.46. The van der Waals surface area contributed by atoms with E-state index in [1.807, 2.05) is 44.2 Å². The number of Topliss-reactive ketones (excluding diaryl/α,β-unsaturated/α-hetero) is 1. The molecule has 1 aliphatic heterocycles. The van der Waals surface area contributed by atoms with E-state index in [-0.39, 0.29) is 16.7 Å². The number of rotatable bonds is 4. The minimum Gasteiger partial charge on any atom is -0.288 e. The third kappa shape index (κ3) is 3.67. The first-order valence-electron chi connectivity index (χ1n) is 6.95. The van der Waals surface area contributed by atoms with Crippen LogP contribution in [0.3, 0.4) is 0 Å². The minimum atomic E-state index is -3.11. The molecule has 116 valence electrons. The van der Waals surface area contributed by atoms with Crippen LogP contribution in [-0.4, -0.2) is 54.1 Å². The van der Waals surface area contributed by atoms with Gasteiger partial charge < -0.3 is 0 Å². The van der Waals surface area contributed by atoms with Crippen molar-refractivity contribution in [1.29, 1.82) is 0 Å². The molecule has 0 N–H and O–H groups in total. The van der Waals surface area contributed by atoms with Crippen molar-refractivity contribution in [1.82, 2.24) is 4.31 Å². The van der Waals surface area contributed by atoms with Crippen molar-refractivity contribution in [2.24, 2.45) is 0 Å². The molecule has 0 radical (unpaired) electrons. The largest absolute Gasteiger partial charge is 0.288 e. The molecule has 4 nitrogen and oxygen atoms in total. The Morgan fingerprint density at radius 1 is 1.14 bits per heavy atom. The van der Waals surface area contributed by atoms with E-state index in [1.165, 1.54) is 10.6 Å². The van der Waals surface area contributed by atoms with Gasteiger partial charge in [0.25, 0.3) is 0 Å². The zero-order valence-corrected chi connectivity index (χ0v) is 14.3. The predicted octanol–water partition coefficient (Wildman–Crippen LogP) is 1.54. The van der Waals surface area contributed by atoms with Gasteiger partial charge in [0.2, 0.25) is 15.8 Å². The number of hydrogen-bond acceptors (Lipinski definition) is 3. The Balaban J connectivity index is 2.10. The Hall–Kier alpha value is -0.850. The molecular formula is C15H22NO3S2+. The van der Waals surface area contributed by atoms with E-state index >= 15 is 0 Å². The SMILES string of the molecule is CC(C)(C(=O)c1ccccc1)[S+]1CCN(S(C)(=O)=O)CC1. The van der Waals surface area contributed by atoms with E-state index in [1.54, 1.807) is 0 Å². The Morgan fingerprint density at radius 3 is 2.14 bits per heavy atom. The molecule has 0 saturated carbocycles. The quantitative estimate of drug-likeness (QED) is 0.622. The molecule has 21 heavy (non-hydrogen) atoms. The van der Waals surface area contributed by atoms with E-state index in [4.69, 9.17) is 0 Å². The fourth-order valence-electron chi connectivity index (χ4n) is 2.55. The maximum Gasteiger partial charge on any atom is 0.217 e. The van der Waals surface area contributed by atoms with Crippen molar-refractivity contribution in [3.05, 3.63) is 35.9 Å². The van der Waals surface area contributed by atoms with E-state index in [0.717, 1.165) is 17.1 Å². The normalized spacial score (nSPS) is 18.6. The number of ketones is 1. The van der Waals surface area contributed by atoms with Gasteiger partial charge in [-0.25, -0.2) is 8.42 Å². The summed E-state index contributed by atoms with van der Waals surface area (Å²) in [7, 11) is -3.21. The molecule has 1 fully saturated rings. The molecule has 0 unspecified atom stereocenters. The molecular weight excluding hydrogens is 306 g/mol. The summed E-state index contributed by atoms with van der Waals surface area (Å²) in [4.78, 5) is 12.7. The summed E-state index contributed by atoms with van der Waals surface area (Å²) in [5, 5.41) is 0. The standard InChI is InChI=1S/C15H22NO3S2/c1-15(2,14(17)13-7-5-4-6-8-13)20-11-9-16(10-12-20)21(3,18)19/h4-8H,9-12H2,1-3H3/q+1. The number of carbonyl (C=O) groups is 1. The summed E-state index contributed by atoms with van der Waals surface area (Å²) in [5.74, 6) is 1.68. The van der Waals surface area contributed by atoms with Crippen molar-refractivity contribution in [3.8, 4) is 0 Å². The molecule has 0 aromatic heterocycles. The van der Waals surface area contributed by atoms with Crippen molar-refractivity contribution < 1.29 is 13.2 Å². The molecule has 1 aromatic rings. The molecule has 1 aliphatic rings. The van der Waals surface area contributed by atoms with Crippen molar-refractivity contribution in [3.63, 3.8) is 0 Å². The highest BCUT2D eigenvalue weighted by molar-refractivity contribution is 7.99. The highest BCUT2D eigenvalue weighted by Gasteiger charge is 2.47. The molecule has 1 aromatic carbocycles. The second-order valence-electron chi connectivity index (χ2n) is 5.77. The average molecular weight is 328 g/mol. The predicted molar refractivity (Wildman–Crippen MR) is 88.4 cm³/mol. The summed E-state index contributed by atoms with van der Waals surface area (Å²) in [6.07, 6.45) is 1.25. The zero-order chi connectivity index (χ0) is 15.7. The first-order valence-corrected chi connectivity index (χ1v) is 10.4. The van der Waals surface area contributed by atoms with E-state index in [0.29, 0.717) is 13.1 Å². The smallest absolute Gasteiger partial charge is 0.217 e. The second kappa shape index (κ2) is 6.10. The highest BCUT2D eigenvalue weighted by atomic mass is 32.2. The van der Waals surface area contributed by atoms with Gasteiger partial charge in [-0.3, -0.25) is 4.79 Å². The topological polar surface area (TPSA) is 54.5 Å². The highest BCUT2D eigenvalue weighted by Crippen LogP contribution is 2.28. The summed E-state index contributed by atoms with van der Waals surface area (Å²) in [6.45, 7) is 5.02. The van der Waals surface area contributed by atoms with Gasteiger partial charge in [-0.05, 0) is 13.8 Å². The van der Waals surface area contributed by atoms with Gasteiger partial charge in [0.1, 0.15) is 11.5 Å². The van der Waals surface area contributed by atoms with Gasteiger partial charge in [-0.1, -0.05) is 30.3 Å². The second-order valence-corrected chi connectivity index (χ2v) is 10.6. The Labute approximate surface area is 129 Å². The maximum absolute atomic E-state index is 12.7. The zero-order valence-electron chi connectivity index (χ0n) is 12.7. The fourth-order valence-corrected chi connectivity index (χ4v) is 6.11. The van der Waals surface area contributed by atoms with Crippen LogP contribution < -0.4 is 0 Å². The lowest BCUT2D eigenvalue weighted by Gasteiger charge is -2.31. The van der Waals surface area contributed by atoms with Gasteiger partial charge in [-0.2, -0.15) is 4.31 Å². The molecule has 1 saturated heterocycles. The molecule has 6 heteroatoms. The van der Waals surface area contributed by atoms with Crippen LogP contribution in [-0.2, 0) is 20.9 Å². The number of nitrogens with zero attached hydrogens (tertiary/aromatic N) is 1. The van der Waals surface area contributed by atoms with Crippen LogP contribution in [0.2, 0.25) is 0 Å². The summed E-state index contributed by atoms with van der Waals surface area (Å²) < 4.78 is 24.2. The van der Waals surface area contributed by atoms with Gasteiger partial charge in [-0.15, -0.1) is 0 Å². The summed E-state index contributed by atoms with van der Waals surface area (Å²) in [5.41, 5.74) is 0.737. The van der Waals surface area contributed by atoms with E-state index < -0.39 is 14.8 Å². The number of benzene rings is 1. The van der Waals surface area contributed by atoms with Crippen LogP contribution in [0.15, 0.2) is 30.3 Å². The lowest BCUT2D eigenvalue weighted by molar-refractivity contribution is 0.0956. The lowest BCUT2D eigenvalue weighted by Crippen LogP contribution is -2.52. The van der Waals surface area contributed by atoms with E-state index in [2.05, 4.69) is 0 Å². The van der Waals surface area contributed by atoms with Crippen LogP contribution >= 0.6 is 0 Å². The molecule has 1 heterocycles. The van der Waals surface area contributed by atoms with Crippen molar-refractivity contribution in [2.75, 3.05) is 30.9 Å². The lowest BCUT2D eigenvalue weighted by atomic mass is 10.0. The van der Waals surface area contributed by atoms with Gasteiger partial charge in [0, 0.05) is 16.5 Å². The first kappa shape index (κ1) is 16.5. The van der Waals surface area contributed by atoms with Crippen LogP contribution in [0.25, 0.3) is 0 Å². The Bertz CT molecular complexity index is 603. The summed E-state index contributed by atoms with van der Waals surface area (Å²) in [6, 6.07) is 9.34. The van der Waals surface area contributed by atoms with Gasteiger partial charge >= 0.3 is 0 Å². The minimum absolute atomic E-state index is 0.0967. The molecule has 0 bridgehead atoms. The molecule has 0 spiro atoms. The van der Waals surface area contributed by atoms with Crippen molar-refractivity contribution >= 4 is 26.7 Å². The number of hydrogen-bond donors (Lipinski definition) is 0. The van der Waals surface area contributed by atoms with Gasteiger partial charge in [0.15, 0.2) is 4.75 Å². The number of carbonyl (C=O) groups excluding carboxylic acids is 1. The van der Waals surface area contributed by atoms with Crippen LogP contribution in [0.1, 0.15) is 24.2 Å². The van der Waals surface area contributed by atoms with E-state index in [9.17, 15) is 13.2 Å². The molecule has 0 atom stereocenters. The fraction of sp³-hybridized carbons (Fsp3) is 0.533. The number of sulfonamides is 1.